The topological polar surface area (TPSA) is 145 Å². The predicted molar refractivity (Wildman–Crippen MR) is 173 cm³/mol. The molecule has 0 aliphatic rings. The summed E-state index contributed by atoms with van der Waals surface area (Å²) in [5.41, 5.74) is 1.62. The molecule has 0 radical (unpaired) electrons. The van der Waals surface area contributed by atoms with E-state index in [1.807, 2.05) is 0 Å². The number of nitrogens with one attached hydrogen (secondary N) is 2. The van der Waals surface area contributed by atoms with Gasteiger partial charge in [0.25, 0.3) is 0 Å². The molecule has 0 saturated heterocycles. The van der Waals surface area contributed by atoms with Crippen molar-refractivity contribution in [3.63, 3.8) is 0 Å². The molecule has 10 nitrogen and oxygen atoms in total. The number of hydrogen-bond donors (Lipinski definition) is 4. The SMILES string of the molecule is COC(=O)N[C@H](C(=O)N[C@H](CCC[C@@H](CO)N(C(C)C)S(=O)(=O)c1ccc(CO)cc1)C(F)(F)F)C(c1ccccc1)c1ccccc1. The van der Waals surface area contributed by atoms with Gasteiger partial charge in [0.05, 0.1) is 25.2 Å². The van der Waals surface area contributed by atoms with Crippen LogP contribution in [0.3, 0.4) is 0 Å². The fraction of sp³-hybridized carbons (Fsp3) is 0.412. The first kappa shape index (κ1) is 38.5. The van der Waals surface area contributed by atoms with Gasteiger partial charge in [0, 0.05) is 18.0 Å². The quantitative estimate of drug-likeness (QED) is 0.170. The largest absolute Gasteiger partial charge is 0.453 e. The van der Waals surface area contributed by atoms with Crippen LogP contribution in [0.2, 0.25) is 0 Å². The van der Waals surface area contributed by atoms with E-state index in [0.29, 0.717) is 16.7 Å². The van der Waals surface area contributed by atoms with Crippen LogP contribution in [0.4, 0.5) is 18.0 Å². The van der Waals surface area contributed by atoms with Crippen molar-refractivity contribution in [2.24, 2.45) is 0 Å². The lowest BCUT2D eigenvalue weighted by Crippen LogP contribution is -2.55. The average molecular weight is 694 g/mol. The minimum atomic E-state index is -4.90. The van der Waals surface area contributed by atoms with Gasteiger partial charge in [-0.1, -0.05) is 72.8 Å². The van der Waals surface area contributed by atoms with Crippen LogP contribution < -0.4 is 10.6 Å². The van der Waals surface area contributed by atoms with Crippen molar-refractivity contribution >= 4 is 22.0 Å². The molecule has 0 saturated carbocycles. The van der Waals surface area contributed by atoms with Gasteiger partial charge in [0.15, 0.2) is 0 Å². The van der Waals surface area contributed by atoms with E-state index in [9.17, 15) is 41.4 Å². The van der Waals surface area contributed by atoms with Crippen molar-refractivity contribution in [3.05, 3.63) is 102 Å². The number of carbonyl (C=O) groups excluding carboxylic acids is 2. The molecule has 48 heavy (non-hydrogen) atoms. The maximum atomic E-state index is 14.4. The molecule has 0 bridgehead atoms. The van der Waals surface area contributed by atoms with Crippen molar-refractivity contribution in [3.8, 4) is 0 Å². The van der Waals surface area contributed by atoms with Crippen molar-refractivity contribution in [1.29, 1.82) is 0 Å². The first-order valence-electron chi connectivity index (χ1n) is 15.4. The van der Waals surface area contributed by atoms with E-state index in [0.717, 1.165) is 11.4 Å². The average Bonchev–Trinajstić information content (AvgIpc) is 3.07. The predicted octanol–water partition coefficient (Wildman–Crippen LogP) is 4.71. The molecular formula is C34H42F3N3O7S. The number of alkyl carbamates (subject to hydrolysis) is 1. The number of methoxy groups -OCH3 is 1. The number of rotatable bonds is 16. The third-order valence-corrected chi connectivity index (χ3v) is 10.0. The Morgan fingerprint density at radius 3 is 1.83 bits per heavy atom. The Hall–Kier alpha value is -3.98. The zero-order valence-electron chi connectivity index (χ0n) is 26.9. The Morgan fingerprint density at radius 2 is 1.40 bits per heavy atom. The Labute approximate surface area is 279 Å². The lowest BCUT2D eigenvalue weighted by molar-refractivity contribution is -0.164. The van der Waals surface area contributed by atoms with Crippen LogP contribution in [-0.4, -0.2) is 79.0 Å². The Bertz CT molecular complexity index is 1520. The summed E-state index contributed by atoms with van der Waals surface area (Å²) in [4.78, 5) is 26.0. The molecule has 4 N–H and O–H groups in total. The highest BCUT2D eigenvalue weighted by molar-refractivity contribution is 7.89. The zero-order valence-corrected chi connectivity index (χ0v) is 27.7. The Kier molecular flexibility index (Phi) is 14.0. The molecule has 3 rings (SSSR count). The second-order valence-electron chi connectivity index (χ2n) is 11.5. The Morgan fingerprint density at radius 1 is 0.854 bits per heavy atom. The molecule has 3 aromatic carbocycles. The Balaban J connectivity index is 1.86. The van der Waals surface area contributed by atoms with E-state index in [2.05, 4.69) is 10.6 Å². The fourth-order valence-corrected chi connectivity index (χ4v) is 7.45. The molecule has 0 heterocycles. The standard InChI is InChI=1S/C34H42F3N3O7S/c1-23(2)40(48(45,46)28-19-17-24(21-41)18-20-28)27(22-42)15-10-16-29(34(35,36)37)38-32(43)31(39-33(44)47-3)30(25-11-6-4-7-12-25)26-13-8-5-9-14-26/h4-9,11-14,17-20,23,27,29-31,41-42H,10,15-16,21-22H2,1-3H3,(H,38,43)(H,39,44)/t27-,29+,31-/m0/s1. The number of aliphatic hydroxyl groups is 2. The lowest BCUT2D eigenvalue weighted by Gasteiger charge is -2.33. The van der Waals surface area contributed by atoms with Gasteiger partial charge in [-0.2, -0.15) is 17.5 Å². The van der Waals surface area contributed by atoms with Crippen molar-refractivity contribution in [1.82, 2.24) is 14.9 Å². The summed E-state index contributed by atoms with van der Waals surface area (Å²) in [7, 11) is -3.10. The minimum absolute atomic E-state index is 0.0946. The van der Waals surface area contributed by atoms with E-state index >= 15 is 0 Å². The lowest BCUT2D eigenvalue weighted by atomic mass is 9.84. The number of halogens is 3. The summed E-state index contributed by atoms with van der Waals surface area (Å²) in [6, 6.07) is 17.0. The van der Waals surface area contributed by atoms with E-state index in [-0.39, 0.29) is 24.3 Å². The highest BCUT2D eigenvalue weighted by Crippen LogP contribution is 2.31. The van der Waals surface area contributed by atoms with Crippen molar-refractivity contribution < 1.29 is 46.1 Å². The van der Waals surface area contributed by atoms with Gasteiger partial charge in [-0.3, -0.25) is 4.79 Å². The molecule has 0 spiro atoms. The number of hydrogen-bond acceptors (Lipinski definition) is 7. The number of aliphatic hydroxyl groups excluding tert-OH is 2. The smallest absolute Gasteiger partial charge is 0.408 e. The minimum Gasteiger partial charge on any atom is -0.453 e. The van der Waals surface area contributed by atoms with Crippen LogP contribution in [0.1, 0.15) is 55.7 Å². The van der Waals surface area contributed by atoms with Gasteiger partial charge in [-0.25, -0.2) is 13.2 Å². The monoisotopic (exact) mass is 693 g/mol. The summed E-state index contributed by atoms with van der Waals surface area (Å²) in [5, 5.41) is 24.0. The molecule has 2 amide bonds. The summed E-state index contributed by atoms with van der Waals surface area (Å²) in [5.74, 6) is -1.98. The van der Waals surface area contributed by atoms with E-state index in [1.165, 1.54) is 24.3 Å². The van der Waals surface area contributed by atoms with Gasteiger partial charge in [-0.15, -0.1) is 0 Å². The summed E-state index contributed by atoms with van der Waals surface area (Å²) in [6.07, 6.45) is -6.90. The molecule has 0 fully saturated rings. The van der Waals surface area contributed by atoms with Gasteiger partial charge >= 0.3 is 12.3 Å². The molecular weight excluding hydrogens is 651 g/mol. The van der Waals surface area contributed by atoms with Gasteiger partial charge < -0.3 is 25.6 Å². The highest BCUT2D eigenvalue weighted by atomic mass is 32.2. The molecule has 262 valence electrons. The number of nitrogens with zero attached hydrogens (tertiary/aromatic N) is 1. The summed E-state index contributed by atoms with van der Waals surface area (Å²) < 4.78 is 76.0. The van der Waals surface area contributed by atoms with Crippen LogP contribution >= 0.6 is 0 Å². The van der Waals surface area contributed by atoms with Crippen LogP contribution in [0.5, 0.6) is 0 Å². The second-order valence-corrected chi connectivity index (χ2v) is 13.4. The van der Waals surface area contributed by atoms with Crippen LogP contribution in [-0.2, 0) is 26.2 Å². The third kappa shape index (κ3) is 10.0. The molecule has 0 unspecified atom stereocenters. The second kappa shape index (κ2) is 17.4. The summed E-state index contributed by atoms with van der Waals surface area (Å²) >= 11 is 0. The van der Waals surface area contributed by atoms with Crippen molar-refractivity contribution in [2.45, 2.75) is 80.9 Å². The number of benzene rings is 3. The van der Waals surface area contributed by atoms with Gasteiger partial charge in [0.1, 0.15) is 12.1 Å². The molecule has 3 aromatic rings. The first-order valence-corrected chi connectivity index (χ1v) is 16.8. The van der Waals surface area contributed by atoms with Gasteiger partial charge in [0.2, 0.25) is 15.9 Å². The van der Waals surface area contributed by atoms with Gasteiger partial charge in [-0.05, 0) is 61.9 Å². The maximum Gasteiger partial charge on any atom is 0.408 e. The van der Waals surface area contributed by atoms with E-state index < -0.39 is 71.3 Å². The summed E-state index contributed by atoms with van der Waals surface area (Å²) in [6.45, 7) is 2.23. The van der Waals surface area contributed by atoms with E-state index in [4.69, 9.17) is 4.74 Å². The number of amides is 2. The normalized spacial score (nSPS) is 14.1. The maximum absolute atomic E-state index is 14.4. The third-order valence-electron chi connectivity index (χ3n) is 7.89. The highest BCUT2D eigenvalue weighted by Gasteiger charge is 2.43. The van der Waals surface area contributed by atoms with Crippen LogP contribution in [0, 0.1) is 0 Å². The van der Waals surface area contributed by atoms with Crippen LogP contribution in [0.15, 0.2) is 89.8 Å². The number of ether oxygens (including phenoxy) is 1. The number of sulfonamides is 1. The molecule has 0 aromatic heterocycles. The first-order chi connectivity index (χ1) is 22.7. The molecule has 0 aliphatic heterocycles. The molecule has 14 heteroatoms. The molecule has 0 aliphatic carbocycles. The molecule has 3 atom stereocenters. The zero-order chi connectivity index (χ0) is 35.5. The fourth-order valence-electron chi connectivity index (χ4n) is 5.60. The van der Waals surface area contributed by atoms with Crippen LogP contribution in [0.25, 0.3) is 0 Å². The number of alkyl halides is 3. The number of carbonyl (C=O) groups is 2. The van der Waals surface area contributed by atoms with E-state index in [1.54, 1.807) is 74.5 Å². The van der Waals surface area contributed by atoms with Crippen molar-refractivity contribution in [2.75, 3.05) is 13.7 Å².